The Morgan fingerprint density at radius 2 is 2.00 bits per heavy atom. The fraction of sp³-hybridized carbons (Fsp3) is 0.0714. The summed E-state index contributed by atoms with van der Waals surface area (Å²) in [6.45, 7) is -0.0861. The van der Waals surface area contributed by atoms with Crippen molar-refractivity contribution in [2.45, 2.75) is 6.61 Å². The lowest BCUT2D eigenvalue weighted by molar-refractivity contribution is 0.301. The third-order valence-electron chi connectivity index (χ3n) is 2.55. The van der Waals surface area contributed by atoms with Crippen LogP contribution in [0.1, 0.15) is 11.1 Å². The highest BCUT2D eigenvalue weighted by molar-refractivity contribution is 5.52. The minimum absolute atomic E-state index is 0.0480. The quantitative estimate of drug-likeness (QED) is 0.863. The molecule has 0 aliphatic rings. The van der Waals surface area contributed by atoms with Crippen LogP contribution in [-0.4, -0.2) is 0 Å². The van der Waals surface area contributed by atoms with E-state index < -0.39 is 11.6 Å². The lowest BCUT2D eigenvalue weighted by Crippen LogP contribution is -2.02. The molecule has 0 bridgehead atoms. The van der Waals surface area contributed by atoms with Crippen LogP contribution in [-0.2, 0) is 6.61 Å². The summed E-state index contributed by atoms with van der Waals surface area (Å²) in [5, 5.41) is 8.71. The van der Waals surface area contributed by atoms with Gasteiger partial charge in [-0.15, -0.1) is 0 Å². The van der Waals surface area contributed by atoms with E-state index in [2.05, 4.69) is 0 Å². The first-order valence-electron chi connectivity index (χ1n) is 5.47. The van der Waals surface area contributed by atoms with E-state index in [1.165, 1.54) is 24.3 Å². The van der Waals surface area contributed by atoms with Crippen molar-refractivity contribution in [1.29, 1.82) is 5.26 Å². The van der Waals surface area contributed by atoms with Gasteiger partial charge in [0.25, 0.3) is 0 Å². The van der Waals surface area contributed by atoms with Gasteiger partial charge in [-0.05, 0) is 18.2 Å². The molecular weight excluding hydrogens is 250 g/mol. The molecule has 0 unspecified atom stereocenters. The second kappa shape index (κ2) is 5.36. The lowest BCUT2D eigenvalue weighted by atomic mass is 10.1. The van der Waals surface area contributed by atoms with E-state index in [1.807, 2.05) is 0 Å². The zero-order chi connectivity index (χ0) is 13.8. The summed E-state index contributed by atoms with van der Waals surface area (Å²) in [6, 6.07) is 9.90. The highest BCUT2D eigenvalue weighted by Crippen LogP contribution is 2.23. The fourth-order valence-corrected chi connectivity index (χ4v) is 1.58. The summed E-state index contributed by atoms with van der Waals surface area (Å²) in [6.07, 6.45) is 0. The second-order valence-corrected chi connectivity index (χ2v) is 3.86. The van der Waals surface area contributed by atoms with Crippen molar-refractivity contribution in [2.75, 3.05) is 5.73 Å². The van der Waals surface area contributed by atoms with Gasteiger partial charge in [0.15, 0.2) is 0 Å². The van der Waals surface area contributed by atoms with Gasteiger partial charge in [-0.1, -0.05) is 12.1 Å². The Balaban J connectivity index is 2.17. The molecule has 0 aliphatic heterocycles. The first kappa shape index (κ1) is 12.8. The Hall–Kier alpha value is -2.61. The number of hydrogen-bond acceptors (Lipinski definition) is 3. The molecule has 0 aromatic heterocycles. The van der Waals surface area contributed by atoms with Gasteiger partial charge in [-0.3, -0.25) is 0 Å². The first-order chi connectivity index (χ1) is 9.11. The van der Waals surface area contributed by atoms with Crippen LogP contribution in [0.2, 0.25) is 0 Å². The lowest BCUT2D eigenvalue weighted by Gasteiger charge is -2.09. The van der Waals surface area contributed by atoms with E-state index in [9.17, 15) is 8.78 Å². The number of anilines is 1. The third-order valence-corrected chi connectivity index (χ3v) is 2.55. The summed E-state index contributed by atoms with van der Waals surface area (Å²) < 4.78 is 31.9. The van der Waals surface area contributed by atoms with Crippen LogP contribution in [0.15, 0.2) is 36.4 Å². The molecule has 96 valence electrons. The molecule has 3 nitrogen and oxygen atoms in total. The maximum atomic E-state index is 13.7. The molecule has 0 aliphatic carbocycles. The van der Waals surface area contributed by atoms with Gasteiger partial charge in [-0.25, -0.2) is 8.78 Å². The summed E-state index contributed by atoms with van der Waals surface area (Å²) in [5.41, 5.74) is 5.90. The molecule has 0 radical (unpaired) electrons. The minimum atomic E-state index is -0.620. The predicted octanol–water partition coefficient (Wildman–Crippen LogP) is 3.00. The Morgan fingerprint density at radius 1 is 1.21 bits per heavy atom. The molecule has 19 heavy (non-hydrogen) atoms. The highest BCUT2D eigenvalue weighted by atomic mass is 19.1. The average molecular weight is 260 g/mol. The summed E-state index contributed by atoms with van der Waals surface area (Å²) in [7, 11) is 0. The highest BCUT2D eigenvalue weighted by Gasteiger charge is 2.09. The third kappa shape index (κ3) is 2.80. The van der Waals surface area contributed by atoms with Crippen molar-refractivity contribution in [3.63, 3.8) is 0 Å². The molecule has 0 saturated carbocycles. The number of nitrogens with zero attached hydrogens (tertiary/aromatic N) is 1. The molecular formula is C14H10F2N2O. The monoisotopic (exact) mass is 260 g/mol. The van der Waals surface area contributed by atoms with E-state index in [0.717, 1.165) is 6.07 Å². The molecule has 0 saturated heterocycles. The zero-order valence-electron chi connectivity index (χ0n) is 9.86. The summed E-state index contributed by atoms with van der Waals surface area (Å²) >= 11 is 0. The van der Waals surface area contributed by atoms with Crippen molar-refractivity contribution < 1.29 is 13.5 Å². The first-order valence-corrected chi connectivity index (χ1v) is 5.47. The molecule has 2 rings (SSSR count). The van der Waals surface area contributed by atoms with Crippen molar-refractivity contribution in [2.24, 2.45) is 0 Å². The topological polar surface area (TPSA) is 59.0 Å². The van der Waals surface area contributed by atoms with E-state index >= 15 is 0 Å². The summed E-state index contributed by atoms with van der Waals surface area (Å²) in [4.78, 5) is 0. The zero-order valence-corrected chi connectivity index (χ0v) is 9.86. The average Bonchev–Trinajstić information content (AvgIpc) is 2.39. The van der Waals surface area contributed by atoms with Crippen LogP contribution in [0.4, 0.5) is 14.5 Å². The largest absolute Gasteiger partial charge is 0.487 e. The maximum absolute atomic E-state index is 13.7. The number of nitriles is 1. The molecule has 0 fully saturated rings. The van der Waals surface area contributed by atoms with Crippen LogP contribution in [0, 0.1) is 23.0 Å². The van der Waals surface area contributed by atoms with Crippen LogP contribution in [0.25, 0.3) is 0 Å². The Kier molecular flexibility index (Phi) is 3.62. The van der Waals surface area contributed by atoms with Crippen LogP contribution in [0.3, 0.4) is 0 Å². The Morgan fingerprint density at radius 3 is 2.68 bits per heavy atom. The van der Waals surface area contributed by atoms with E-state index in [-0.39, 0.29) is 29.2 Å². The molecule has 0 heterocycles. The van der Waals surface area contributed by atoms with Crippen molar-refractivity contribution in [3.8, 4) is 11.8 Å². The van der Waals surface area contributed by atoms with E-state index in [1.54, 1.807) is 12.1 Å². The number of nitrogen functional groups attached to an aromatic ring is 1. The van der Waals surface area contributed by atoms with Crippen LogP contribution >= 0.6 is 0 Å². The standard InChI is InChI=1S/C14H10F2N2O/c15-11-4-5-13(12(18)6-11)19-8-10-3-1-2-9(7-17)14(10)16/h1-6H,8,18H2. The number of ether oxygens (including phenoxy) is 1. The number of rotatable bonds is 3. The molecule has 0 atom stereocenters. The van der Waals surface area contributed by atoms with E-state index in [0.29, 0.717) is 0 Å². The van der Waals surface area contributed by atoms with Gasteiger partial charge >= 0.3 is 0 Å². The van der Waals surface area contributed by atoms with Gasteiger partial charge in [0.2, 0.25) is 0 Å². The smallest absolute Gasteiger partial charge is 0.147 e. The van der Waals surface area contributed by atoms with Gasteiger partial charge in [0, 0.05) is 11.6 Å². The predicted molar refractivity (Wildman–Crippen MR) is 66.3 cm³/mol. The second-order valence-electron chi connectivity index (χ2n) is 3.86. The number of halogens is 2. The van der Waals surface area contributed by atoms with Gasteiger partial charge < -0.3 is 10.5 Å². The summed E-state index contributed by atoms with van der Waals surface area (Å²) in [5.74, 6) is -0.823. The Bertz CT molecular complexity index is 650. The number of hydrogen-bond donors (Lipinski definition) is 1. The van der Waals surface area contributed by atoms with E-state index in [4.69, 9.17) is 15.7 Å². The van der Waals surface area contributed by atoms with Crippen molar-refractivity contribution in [3.05, 3.63) is 59.2 Å². The molecule has 0 amide bonds. The van der Waals surface area contributed by atoms with Crippen molar-refractivity contribution in [1.82, 2.24) is 0 Å². The number of benzene rings is 2. The fourth-order valence-electron chi connectivity index (χ4n) is 1.58. The van der Waals surface area contributed by atoms with Crippen LogP contribution in [0.5, 0.6) is 5.75 Å². The minimum Gasteiger partial charge on any atom is -0.487 e. The molecule has 2 N–H and O–H groups in total. The normalized spacial score (nSPS) is 9.95. The van der Waals surface area contributed by atoms with Gasteiger partial charge in [0.1, 0.15) is 30.1 Å². The Labute approximate surface area is 108 Å². The van der Waals surface area contributed by atoms with Gasteiger partial charge in [-0.2, -0.15) is 5.26 Å². The SMILES string of the molecule is N#Cc1cccc(COc2ccc(F)cc2N)c1F. The van der Waals surface area contributed by atoms with Crippen molar-refractivity contribution >= 4 is 5.69 Å². The van der Waals surface area contributed by atoms with Gasteiger partial charge in [0.05, 0.1) is 11.3 Å². The molecule has 5 heteroatoms. The molecule has 2 aromatic carbocycles. The maximum Gasteiger partial charge on any atom is 0.147 e. The number of nitrogens with two attached hydrogens (primary N) is 1. The van der Waals surface area contributed by atoms with Crippen LogP contribution < -0.4 is 10.5 Å². The molecule has 0 spiro atoms. The molecule has 2 aromatic rings.